The molecule has 126 valence electrons. The van der Waals surface area contributed by atoms with E-state index in [0.717, 1.165) is 0 Å². The van der Waals surface area contributed by atoms with Crippen molar-refractivity contribution in [1.29, 1.82) is 0 Å². The van der Waals surface area contributed by atoms with Crippen LogP contribution < -0.4 is 18.9 Å². The first-order valence-electron chi connectivity index (χ1n) is 7.26. The third-order valence-electron chi connectivity index (χ3n) is 3.49. The van der Waals surface area contributed by atoms with E-state index in [9.17, 15) is 5.11 Å². The van der Waals surface area contributed by atoms with Crippen LogP contribution in [0.15, 0.2) is 36.4 Å². The predicted octanol–water partition coefficient (Wildman–Crippen LogP) is 2.81. The molecule has 1 unspecified atom stereocenters. The molecule has 0 aliphatic heterocycles. The van der Waals surface area contributed by atoms with Crippen molar-refractivity contribution in [1.82, 2.24) is 0 Å². The van der Waals surface area contributed by atoms with Crippen LogP contribution in [0.2, 0.25) is 0 Å². The molecule has 2 rings (SSSR count). The van der Waals surface area contributed by atoms with Gasteiger partial charge in [0.15, 0.2) is 0 Å². The summed E-state index contributed by atoms with van der Waals surface area (Å²) in [5.41, 5.74) is 1.23. The van der Waals surface area contributed by atoms with E-state index in [4.69, 9.17) is 18.9 Å². The molecule has 0 saturated heterocycles. The highest BCUT2D eigenvalue weighted by Crippen LogP contribution is 2.29. The summed E-state index contributed by atoms with van der Waals surface area (Å²) in [6, 6.07) is 10.5. The van der Waals surface area contributed by atoms with Crippen LogP contribution in [0.4, 0.5) is 0 Å². The Morgan fingerprint density at radius 2 is 1.38 bits per heavy atom. The minimum absolute atomic E-state index is 0.512. The molecule has 0 spiro atoms. The Morgan fingerprint density at radius 3 is 1.96 bits per heavy atom. The summed E-state index contributed by atoms with van der Waals surface area (Å²) >= 11 is 0. The molecule has 24 heavy (non-hydrogen) atoms. The number of aliphatic hydroxyl groups is 1. The predicted molar refractivity (Wildman–Crippen MR) is 90.9 cm³/mol. The fraction of sp³-hybridized carbons (Fsp3) is 0.263. The van der Waals surface area contributed by atoms with Gasteiger partial charge in [0, 0.05) is 17.7 Å². The van der Waals surface area contributed by atoms with Gasteiger partial charge in [0.1, 0.15) is 29.1 Å². The number of ether oxygens (including phenoxy) is 4. The summed E-state index contributed by atoms with van der Waals surface area (Å²) < 4.78 is 20.9. The zero-order chi connectivity index (χ0) is 17.5. The van der Waals surface area contributed by atoms with Gasteiger partial charge in [-0.25, -0.2) is 0 Å². The number of hydrogen-bond donors (Lipinski definition) is 1. The molecule has 0 aliphatic carbocycles. The maximum atomic E-state index is 10.4. The lowest BCUT2D eigenvalue weighted by molar-refractivity contribution is 0.232. The van der Waals surface area contributed by atoms with Crippen molar-refractivity contribution in [2.45, 2.75) is 6.10 Å². The minimum atomic E-state index is -1.00. The largest absolute Gasteiger partial charge is 0.497 e. The van der Waals surface area contributed by atoms with E-state index in [1.165, 1.54) is 7.11 Å². The maximum absolute atomic E-state index is 10.4. The molecule has 0 aromatic heterocycles. The summed E-state index contributed by atoms with van der Waals surface area (Å²) in [4.78, 5) is 0. The van der Waals surface area contributed by atoms with Crippen LogP contribution in [-0.2, 0) is 0 Å². The van der Waals surface area contributed by atoms with Crippen molar-refractivity contribution >= 4 is 0 Å². The van der Waals surface area contributed by atoms with Gasteiger partial charge >= 0.3 is 0 Å². The normalized spacial score (nSPS) is 11.0. The second-order valence-electron chi connectivity index (χ2n) is 4.85. The zero-order valence-electron chi connectivity index (χ0n) is 14.1. The Hall–Kier alpha value is -2.84. The molecule has 2 aromatic rings. The minimum Gasteiger partial charge on any atom is -0.497 e. The average molecular weight is 328 g/mol. The van der Waals surface area contributed by atoms with Gasteiger partial charge < -0.3 is 24.1 Å². The van der Waals surface area contributed by atoms with Gasteiger partial charge in [-0.15, -0.1) is 0 Å². The molecule has 0 bridgehead atoms. The smallest absolute Gasteiger partial charge is 0.144 e. The molecule has 0 aliphatic rings. The van der Waals surface area contributed by atoms with Gasteiger partial charge in [-0.3, -0.25) is 0 Å². The fourth-order valence-electron chi connectivity index (χ4n) is 2.17. The first-order chi connectivity index (χ1) is 11.6. The van der Waals surface area contributed by atoms with Gasteiger partial charge in [-0.05, 0) is 24.3 Å². The lowest BCUT2D eigenvalue weighted by atomic mass is 10.1. The number of methoxy groups -OCH3 is 4. The van der Waals surface area contributed by atoms with Crippen molar-refractivity contribution in [3.8, 4) is 34.8 Å². The highest BCUT2D eigenvalue weighted by molar-refractivity contribution is 5.51. The van der Waals surface area contributed by atoms with Crippen molar-refractivity contribution in [2.24, 2.45) is 0 Å². The van der Waals surface area contributed by atoms with Gasteiger partial charge in [0.25, 0.3) is 0 Å². The number of hydrogen-bond acceptors (Lipinski definition) is 5. The second-order valence-corrected chi connectivity index (χ2v) is 4.85. The third-order valence-corrected chi connectivity index (χ3v) is 3.49. The Balaban J connectivity index is 2.31. The first kappa shape index (κ1) is 17.5. The lowest BCUT2D eigenvalue weighted by Crippen LogP contribution is -1.99. The van der Waals surface area contributed by atoms with Gasteiger partial charge in [-0.1, -0.05) is 11.8 Å². The van der Waals surface area contributed by atoms with E-state index >= 15 is 0 Å². The van der Waals surface area contributed by atoms with E-state index in [0.29, 0.717) is 34.1 Å². The molecule has 0 saturated carbocycles. The average Bonchev–Trinajstić information content (AvgIpc) is 2.65. The quantitative estimate of drug-likeness (QED) is 0.855. The van der Waals surface area contributed by atoms with Crippen LogP contribution in [0, 0.1) is 11.8 Å². The third kappa shape index (κ3) is 3.92. The molecule has 5 nitrogen and oxygen atoms in total. The molecule has 0 amide bonds. The second kappa shape index (κ2) is 8.14. The number of rotatable bonds is 5. The highest BCUT2D eigenvalue weighted by Gasteiger charge is 2.12. The standard InChI is InChI=1S/C19H20O5/c1-21-14-7-5-13(18(11-14)23-3)6-10-17(20)16-9-8-15(22-2)12-19(16)24-4/h5,7-9,11-12,17,20H,1-4H3. The van der Waals surface area contributed by atoms with Crippen molar-refractivity contribution in [3.05, 3.63) is 47.5 Å². The van der Waals surface area contributed by atoms with Crippen molar-refractivity contribution < 1.29 is 24.1 Å². The van der Waals surface area contributed by atoms with Gasteiger partial charge in [0.05, 0.1) is 34.0 Å². The van der Waals surface area contributed by atoms with E-state index in [1.807, 2.05) is 0 Å². The summed E-state index contributed by atoms with van der Waals surface area (Å²) in [6.45, 7) is 0. The van der Waals surface area contributed by atoms with Crippen LogP contribution in [0.5, 0.6) is 23.0 Å². The van der Waals surface area contributed by atoms with E-state index in [1.54, 1.807) is 57.7 Å². The molecule has 1 atom stereocenters. The molecular formula is C19H20O5. The summed E-state index contributed by atoms with van der Waals surface area (Å²) in [5, 5.41) is 10.4. The monoisotopic (exact) mass is 328 g/mol. The topological polar surface area (TPSA) is 57.2 Å². The summed E-state index contributed by atoms with van der Waals surface area (Å²) in [6.07, 6.45) is -1.00. The molecule has 0 radical (unpaired) electrons. The van der Waals surface area contributed by atoms with E-state index < -0.39 is 6.10 Å². The van der Waals surface area contributed by atoms with Crippen LogP contribution in [0.25, 0.3) is 0 Å². The Bertz CT molecular complexity index is 758. The summed E-state index contributed by atoms with van der Waals surface area (Å²) in [7, 11) is 6.24. The molecule has 0 fully saturated rings. The van der Waals surface area contributed by atoms with Crippen molar-refractivity contribution in [3.63, 3.8) is 0 Å². The van der Waals surface area contributed by atoms with Crippen molar-refractivity contribution in [2.75, 3.05) is 28.4 Å². The Labute approximate surface area is 141 Å². The first-order valence-corrected chi connectivity index (χ1v) is 7.26. The van der Waals surface area contributed by atoms with E-state index in [2.05, 4.69) is 11.8 Å². The molecule has 1 N–H and O–H groups in total. The molecule has 2 aromatic carbocycles. The Morgan fingerprint density at radius 1 is 0.792 bits per heavy atom. The van der Waals surface area contributed by atoms with Crippen LogP contribution in [0.1, 0.15) is 17.2 Å². The summed E-state index contributed by atoms with van der Waals surface area (Å²) in [5.74, 6) is 8.14. The van der Waals surface area contributed by atoms with Crippen LogP contribution >= 0.6 is 0 Å². The van der Waals surface area contributed by atoms with Crippen LogP contribution in [-0.4, -0.2) is 33.5 Å². The Kier molecular flexibility index (Phi) is 5.94. The molecular weight excluding hydrogens is 308 g/mol. The zero-order valence-corrected chi connectivity index (χ0v) is 14.1. The van der Waals surface area contributed by atoms with E-state index in [-0.39, 0.29) is 0 Å². The van der Waals surface area contributed by atoms with Gasteiger partial charge in [-0.2, -0.15) is 0 Å². The van der Waals surface area contributed by atoms with Gasteiger partial charge in [0.2, 0.25) is 0 Å². The SMILES string of the molecule is COc1ccc(C#CC(O)c2ccc(OC)cc2OC)c(OC)c1. The number of aliphatic hydroxyl groups excluding tert-OH is 1. The molecule has 5 heteroatoms. The van der Waals surface area contributed by atoms with Crippen LogP contribution in [0.3, 0.4) is 0 Å². The number of benzene rings is 2. The lowest BCUT2D eigenvalue weighted by Gasteiger charge is -2.12. The maximum Gasteiger partial charge on any atom is 0.144 e. The molecule has 0 heterocycles. The fourth-order valence-corrected chi connectivity index (χ4v) is 2.17. The highest BCUT2D eigenvalue weighted by atomic mass is 16.5.